The van der Waals surface area contributed by atoms with Crippen LogP contribution in [0, 0.1) is 5.92 Å². The van der Waals surface area contributed by atoms with Crippen LogP contribution >= 0.6 is 0 Å². The van der Waals surface area contributed by atoms with Crippen LogP contribution in [-0.4, -0.2) is 36.7 Å². The summed E-state index contributed by atoms with van der Waals surface area (Å²) in [5.74, 6) is 1.20. The summed E-state index contributed by atoms with van der Waals surface area (Å²) in [7, 11) is 0. The standard InChI is InChI=1S/C18H23N3O3/c1-11(2)24-17-8-13-15(7-14(17)18(19)22)21-6-4-16(13)23-10-12-3-5-20-9-12/h4,6-8,11-12,20H,3,5,9-10H2,1-2H3,(H2,19,22)/t12-/m0/s1. The molecule has 0 bridgehead atoms. The molecule has 1 aliphatic heterocycles. The molecule has 0 spiro atoms. The maximum Gasteiger partial charge on any atom is 0.252 e. The van der Waals surface area contributed by atoms with E-state index in [2.05, 4.69) is 10.3 Å². The molecule has 0 saturated carbocycles. The van der Waals surface area contributed by atoms with Gasteiger partial charge in [0.2, 0.25) is 0 Å². The van der Waals surface area contributed by atoms with E-state index in [1.807, 2.05) is 19.9 Å². The zero-order chi connectivity index (χ0) is 17.1. The summed E-state index contributed by atoms with van der Waals surface area (Å²) in [5, 5.41) is 4.16. The summed E-state index contributed by atoms with van der Waals surface area (Å²) in [5.41, 5.74) is 6.48. The van der Waals surface area contributed by atoms with Gasteiger partial charge in [-0.1, -0.05) is 0 Å². The Morgan fingerprint density at radius 1 is 1.42 bits per heavy atom. The highest BCUT2D eigenvalue weighted by molar-refractivity contribution is 6.01. The number of amides is 1. The molecule has 2 aromatic rings. The van der Waals surface area contributed by atoms with Crippen LogP contribution in [0.25, 0.3) is 10.9 Å². The molecule has 0 radical (unpaired) electrons. The van der Waals surface area contributed by atoms with Gasteiger partial charge in [-0.05, 0) is 45.0 Å². The number of carbonyl (C=O) groups excluding carboxylic acids is 1. The van der Waals surface area contributed by atoms with Crippen LogP contribution in [0.5, 0.6) is 11.5 Å². The number of ether oxygens (including phenoxy) is 2. The SMILES string of the molecule is CC(C)Oc1cc2c(OC[C@H]3CCNC3)ccnc2cc1C(N)=O. The zero-order valence-electron chi connectivity index (χ0n) is 14.0. The van der Waals surface area contributed by atoms with E-state index in [0.29, 0.717) is 29.4 Å². The van der Waals surface area contributed by atoms with Crippen LogP contribution in [-0.2, 0) is 0 Å². The van der Waals surface area contributed by atoms with E-state index < -0.39 is 5.91 Å². The number of carbonyl (C=O) groups is 1. The maximum atomic E-state index is 11.7. The smallest absolute Gasteiger partial charge is 0.252 e. The third-order valence-corrected chi connectivity index (χ3v) is 4.07. The van der Waals surface area contributed by atoms with Gasteiger partial charge in [0.1, 0.15) is 11.5 Å². The highest BCUT2D eigenvalue weighted by Crippen LogP contribution is 2.32. The Morgan fingerprint density at radius 2 is 2.25 bits per heavy atom. The molecule has 0 aliphatic carbocycles. The predicted molar refractivity (Wildman–Crippen MR) is 92.5 cm³/mol. The van der Waals surface area contributed by atoms with Gasteiger partial charge in [-0.2, -0.15) is 0 Å². The number of hydrogen-bond acceptors (Lipinski definition) is 5. The van der Waals surface area contributed by atoms with Crippen LogP contribution in [0.3, 0.4) is 0 Å². The molecular weight excluding hydrogens is 306 g/mol. The number of primary amides is 1. The highest BCUT2D eigenvalue weighted by Gasteiger charge is 2.18. The number of nitrogens with zero attached hydrogens (tertiary/aromatic N) is 1. The summed E-state index contributed by atoms with van der Waals surface area (Å²) in [6.45, 7) is 6.49. The first-order chi connectivity index (χ1) is 11.5. The first-order valence-electron chi connectivity index (χ1n) is 8.27. The molecule has 0 unspecified atom stereocenters. The van der Waals surface area contributed by atoms with Crippen molar-refractivity contribution in [1.29, 1.82) is 0 Å². The summed E-state index contributed by atoms with van der Waals surface area (Å²) < 4.78 is 11.8. The third-order valence-electron chi connectivity index (χ3n) is 4.07. The Labute approximate surface area is 141 Å². The Bertz CT molecular complexity index is 740. The lowest BCUT2D eigenvalue weighted by Gasteiger charge is -2.16. The van der Waals surface area contributed by atoms with Crippen molar-refractivity contribution >= 4 is 16.8 Å². The molecule has 1 atom stereocenters. The van der Waals surface area contributed by atoms with Gasteiger partial charge in [0.15, 0.2) is 0 Å². The molecule has 128 valence electrons. The molecule has 1 fully saturated rings. The Hall–Kier alpha value is -2.34. The number of rotatable bonds is 6. The largest absolute Gasteiger partial charge is 0.492 e. The van der Waals surface area contributed by atoms with E-state index in [1.165, 1.54) is 0 Å². The number of nitrogens with two attached hydrogens (primary N) is 1. The number of nitrogens with one attached hydrogen (secondary N) is 1. The topological polar surface area (TPSA) is 86.5 Å². The molecular formula is C18H23N3O3. The van der Waals surface area contributed by atoms with Gasteiger partial charge in [0.05, 0.1) is 23.8 Å². The van der Waals surface area contributed by atoms with Crippen molar-refractivity contribution in [3.05, 3.63) is 30.0 Å². The number of hydrogen-bond donors (Lipinski definition) is 2. The van der Waals surface area contributed by atoms with Gasteiger partial charge in [-0.3, -0.25) is 9.78 Å². The lowest BCUT2D eigenvalue weighted by molar-refractivity contribution is 0.0994. The average molecular weight is 329 g/mol. The van der Waals surface area contributed by atoms with Gasteiger partial charge in [0.25, 0.3) is 5.91 Å². The monoisotopic (exact) mass is 329 g/mol. The van der Waals surface area contributed by atoms with Crippen LogP contribution in [0.15, 0.2) is 24.4 Å². The van der Waals surface area contributed by atoms with Gasteiger partial charge in [-0.15, -0.1) is 0 Å². The van der Waals surface area contributed by atoms with E-state index in [1.54, 1.807) is 18.3 Å². The molecule has 2 heterocycles. The summed E-state index contributed by atoms with van der Waals surface area (Å²) >= 11 is 0. The minimum Gasteiger partial charge on any atom is -0.492 e. The van der Waals surface area contributed by atoms with E-state index in [-0.39, 0.29) is 6.10 Å². The van der Waals surface area contributed by atoms with Crippen molar-refractivity contribution in [3.8, 4) is 11.5 Å². The van der Waals surface area contributed by atoms with E-state index in [0.717, 1.165) is 30.6 Å². The van der Waals surface area contributed by atoms with Crippen LogP contribution in [0.1, 0.15) is 30.6 Å². The van der Waals surface area contributed by atoms with Crippen LogP contribution in [0.4, 0.5) is 0 Å². The second-order valence-electron chi connectivity index (χ2n) is 6.38. The summed E-state index contributed by atoms with van der Waals surface area (Å²) in [6.07, 6.45) is 2.74. The molecule has 6 heteroatoms. The van der Waals surface area contributed by atoms with Crippen molar-refractivity contribution in [3.63, 3.8) is 0 Å². The molecule has 1 aliphatic rings. The summed E-state index contributed by atoms with van der Waals surface area (Å²) in [6, 6.07) is 5.30. The van der Waals surface area contributed by atoms with Gasteiger partial charge < -0.3 is 20.5 Å². The van der Waals surface area contributed by atoms with Crippen LogP contribution in [0.2, 0.25) is 0 Å². The number of benzene rings is 1. The fourth-order valence-corrected chi connectivity index (χ4v) is 2.88. The van der Waals surface area contributed by atoms with Crippen molar-refractivity contribution in [1.82, 2.24) is 10.3 Å². The van der Waals surface area contributed by atoms with Crippen LogP contribution < -0.4 is 20.5 Å². The molecule has 24 heavy (non-hydrogen) atoms. The quantitative estimate of drug-likeness (QED) is 0.847. The van der Waals surface area contributed by atoms with Gasteiger partial charge in [-0.25, -0.2) is 0 Å². The minimum atomic E-state index is -0.530. The fraction of sp³-hybridized carbons (Fsp3) is 0.444. The first kappa shape index (κ1) is 16.5. The number of fused-ring (bicyclic) bond motifs is 1. The van der Waals surface area contributed by atoms with Crippen molar-refractivity contribution in [2.45, 2.75) is 26.4 Å². The molecule has 3 rings (SSSR count). The minimum absolute atomic E-state index is 0.0637. The highest BCUT2D eigenvalue weighted by atomic mass is 16.5. The molecule has 1 saturated heterocycles. The Balaban J connectivity index is 1.95. The number of aromatic nitrogens is 1. The molecule has 6 nitrogen and oxygen atoms in total. The fourth-order valence-electron chi connectivity index (χ4n) is 2.88. The second-order valence-corrected chi connectivity index (χ2v) is 6.38. The molecule has 1 aromatic carbocycles. The second kappa shape index (κ2) is 7.05. The molecule has 3 N–H and O–H groups in total. The Kier molecular flexibility index (Phi) is 4.85. The van der Waals surface area contributed by atoms with Crippen molar-refractivity contribution in [2.24, 2.45) is 11.7 Å². The molecule has 1 aromatic heterocycles. The van der Waals surface area contributed by atoms with Gasteiger partial charge in [0, 0.05) is 24.0 Å². The van der Waals surface area contributed by atoms with Gasteiger partial charge >= 0.3 is 0 Å². The zero-order valence-corrected chi connectivity index (χ0v) is 14.0. The van der Waals surface area contributed by atoms with E-state index in [4.69, 9.17) is 15.2 Å². The number of pyridine rings is 1. The van der Waals surface area contributed by atoms with E-state index >= 15 is 0 Å². The average Bonchev–Trinajstić information content (AvgIpc) is 3.05. The normalized spacial score (nSPS) is 17.4. The van der Waals surface area contributed by atoms with Crippen molar-refractivity contribution < 1.29 is 14.3 Å². The van der Waals surface area contributed by atoms with E-state index in [9.17, 15) is 4.79 Å². The third kappa shape index (κ3) is 3.59. The van der Waals surface area contributed by atoms with Crippen molar-refractivity contribution in [2.75, 3.05) is 19.7 Å². The predicted octanol–water partition coefficient (Wildman–Crippen LogP) is 2.11. The lowest BCUT2D eigenvalue weighted by Crippen LogP contribution is -2.16. The maximum absolute atomic E-state index is 11.7. The summed E-state index contributed by atoms with van der Waals surface area (Å²) in [4.78, 5) is 16.0. The lowest BCUT2D eigenvalue weighted by atomic mass is 10.1. The molecule has 1 amide bonds. The first-order valence-corrected chi connectivity index (χ1v) is 8.27. The Morgan fingerprint density at radius 3 is 2.92 bits per heavy atom.